The van der Waals surface area contributed by atoms with Gasteiger partial charge in [-0.15, -0.1) is 10.2 Å². The predicted molar refractivity (Wildman–Crippen MR) is 108 cm³/mol. The highest BCUT2D eigenvalue weighted by molar-refractivity contribution is 7.99. The molecule has 7 heteroatoms. The second-order valence-corrected chi connectivity index (χ2v) is 7.86. The fraction of sp³-hybridized carbons (Fsp3) is 0.350. The van der Waals surface area contributed by atoms with Gasteiger partial charge in [-0.1, -0.05) is 37.7 Å². The van der Waals surface area contributed by atoms with Crippen LogP contribution < -0.4 is 5.32 Å². The van der Waals surface area contributed by atoms with Crippen LogP contribution >= 0.6 is 11.8 Å². The lowest BCUT2D eigenvalue weighted by Crippen LogP contribution is -2.28. The number of carbonyl (C=O) groups is 1. The van der Waals surface area contributed by atoms with Gasteiger partial charge in [-0.3, -0.25) is 9.36 Å². The third-order valence-corrected chi connectivity index (χ3v) is 5.36. The summed E-state index contributed by atoms with van der Waals surface area (Å²) < 4.78 is 3.88. The molecule has 3 aromatic rings. The van der Waals surface area contributed by atoms with Gasteiger partial charge in [0.05, 0.1) is 11.8 Å². The third-order valence-electron chi connectivity index (χ3n) is 4.42. The van der Waals surface area contributed by atoms with E-state index in [0.717, 1.165) is 11.3 Å². The van der Waals surface area contributed by atoms with Gasteiger partial charge < -0.3 is 9.88 Å². The Bertz CT molecular complexity index is 897. The molecule has 6 nitrogen and oxygen atoms in total. The van der Waals surface area contributed by atoms with Crippen LogP contribution in [0, 0.1) is 0 Å². The number of aryl methyl sites for hydroxylation is 1. The van der Waals surface area contributed by atoms with Crippen LogP contribution in [0.15, 0.2) is 54.2 Å². The number of carbonyl (C=O) groups excluding carboxylic acids is 1. The van der Waals surface area contributed by atoms with E-state index in [1.807, 2.05) is 41.6 Å². The van der Waals surface area contributed by atoms with Crippen molar-refractivity contribution >= 4 is 17.7 Å². The van der Waals surface area contributed by atoms with Crippen molar-refractivity contribution in [3.05, 3.63) is 60.2 Å². The van der Waals surface area contributed by atoms with Crippen molar-refractivity contribution in [1.82, 2.24) is 24.6 Å². The summed E-state index contributed by atoms with van der Waals surface area (Å²) >= 11 is 1.38. The molecule has 142 valence electrons. The average Bonchev–Trinajstić information content (AvgIpc) is 3.29. The fourth-order valence-electron chi connectivity index (χ4n) is 2.80. The van der Waals surface area contributed by atoms with Crippen LogP contribution in [-0.2, 0) is 11.8 Å². The molecule has 27 heavy (non-hydrogen) atoms. The lowest BCUT2D eigenvalue weighted by molar-refractivity contribution is -0.119. The second kappa shape index (κ2) is 8.43. The zero-order valence-corrected chi connectivity index (χ0v) is 16.9. The highest BCUT2D eigenvalue weighted by Crippen LogP contribution is 2.22. The van der Waals surface area contributed by atoms with Crippen molar-refractivity contribution in [2.24, 2.45) is 7.05 Å². The van der Waals surface area contributed by atoms with Crippen LogP contribution in [-0.4, -0.2) is 31.0 Å². The molecule has 0 fully saturated rings. The molecule has 2 heterocycles. The molecule has 0 bridgehead atoms. The van der Waals surface area contributed by atoms with Crippen molar-refractivity contribution in [1.29, 1.82) is 0 Å². The number of nitrogens with one attached hydrogen (secondary N) is 1. The monoisotopic (exact) mass is 383 g/mol. The topological polar surface area (TPSA) is 64.7 Å². The Labute approximate surface area is 164 Å². The molecule has 1 amide bonds. The summed E-state index contributed by atoms with van der Waals surface area (Å²) in [5, 5.41) is 11.9. The Morgan fingerprint density at radius 1 is 1.15 bits per heavy atom. The highest BCUT2D eigenvalue weighted by Gasteiger charge is 2.13. The first-order valence-corrected chi connectivity index (χ1v) is 9.97. The second-order valence-electron chi connectivity index (χ2n) is 6.92. The Kier molecular flexibility index (Phi) is 6.01. The van der Waals surface area contributed by atoms with Gasteiger partial charge >= 0.3 is 0 Å². The molecule has 2 aromatic heterocycles. The van der Waals surface area contributed by atoms with Crippen LogP contribution in [0.25, 0.3) is 5.69 Å². The van der Waals surface area contributed by atoms with Gasteiger partial charge in [-0.2, -0.15) is 0 Å². The van der Waals surface area contributed by atoms with Crippen molar-refractivity contribution in [2.75, 3.05) is 5.75 Å². The normalized spacial score (nSPS) is 12.3. The standard InChI is InChI=1S/C20H25N5OS/c1-14(2)16-5-7-18(8-6-16)25-13-21-23-20(25)27-12-19(26)22-15(3)17-9-10-24(4)11-17/h5-11,13-15H,12H2,1-4H3,(H,22,26)/t15-/m1/s1. The molecule has 0 radical (unpaired) electrons. The van der Waals surface area contributed by atoms with Gasteiger partial charge in [0.15, 0.2) is 5.16 Å². The first kappa shape index (κ1) is 19.2. The van der Waals surface area contributed by atoms with Crippen molar-refractivity contribution in [2.45, 2.75) is 37.9 Å². The summed E-state index contributed by atoms with van der Waals surface area (Å²) in [5.74, 6) is 0.755. The van der Waals surface area contributed by atoms with E-state index < -0.39 is 0 Å². The number of hydrogen-bond donors (Lipinski definition) is 1. The molecule has 0 aliphatic heterocycles. The molecule has 3 rings (SSSR count). The Balaban J connectivity index is 1.60. The lowest BCUT2D eigenvalue weighted by atomic mass is 10.0. The molecular weight excluding hydrogens is 358 g/mol. The van der Waals surface area contributed by atoms with Crippen molar-refractivity contribution in [3.63, 3.8) is 0 Å². The number of benzene rings is 1. The summed E-state index contributed by atoms with van der Waals surface area (Å²) in [5.41, 5.74) is 3.37. The Hall–Kier alpha value is -2.54. The first-order valence-electron chi connectivity index (χ1n) is 8.98. The largest absolute Gasteiger partial charge is 0.357 e. The van der Waals surface area contributed by atoms with Gasteiger partial charge in [-0.25, -0.2) is 0 Å². The summed E-state index contributed by atoms with van der Waals surface area (Å²) in [4.78, 5) is 12.3. The van der Waals surface area contributed by atoms with Crippen LogP contribution in [0.2, 0.25) is 0 Å². The molecule has 1 atom stereocenters. The number of nitrogens with zero attached hydrogens (tertiary/aromatic N) is 4. The van der Waals surface area contributed by atoms with Crippen LogP contribution in [0.5, 0.6) is 0 Å². The van der Waals surface area contributed by atoms with E-state index in [-0.39, 0.29) is 11.9 Å². The van der Waals surface area contributed by atoms with E-state index in [9.17, 15) is 4.79 Å². The van der Waals surface area contributed by atoms with E-state index >= 15 is 0 Å². The van der Waals surface area contributed by atoms with E-state index in [1.165, 1.54) is 17.3 Å². The van der Waals surface area contributed by atoms with Gasteiger partial charge in [0.25, 0.3) is 0 Å². The summed E-state index contributed by atoms with van der Waals surface area (Å²) in [7, 11) is 1.97. The minimum atomic E-state index is -0.0271. The molecule has 0 aliphatic rings. The minimum Gasteiger partial charge on any atom is -0.357 e. The molecule has 0 saturated heterocycles. The molecule has 1 N–H and O–H groups in total. The maximum Gasteiger partial charge on any atom is 0.230 e. The van der Waals surface area contributed by atoms with Gasteiger partial charge in [0, 0.05) is 25.1 Å². The lowest BCUT2D eigenvalue weighted by Gasteiger charge is -2.12. The summed E-state index contributed by atoms with van der Waals surface area (Å²) in [6, 6.07) is 10.3. The molecule has 0 spiro atoms. The predicted octanol–water partition coefficient (Wildman–Crippen LogP) is 3.70. The van der Waals surface area contributed by atoms with Gasteiger partial charge in [-0.05, 0) is 42.2 Å². The Morgan fingerprint density at radius 3 is 2.52 bits per heavy atom. The quantitative estimate of drug-likeness (QED) is 0.632. The van der Waals surface area contributed by atoms with Gasteiger partial charge in [0.1, 0.15) is 6.33 Å². The molecule has 0 saturated carbocycles. The van der Waals surface area contributed by atoms with Crippen molar-refractivity contribution < 1.29 is 4.79 Å². The SMILES string of the molecule is CC(C)c1ccc(-n2cnnc2SCC(=O)N[C@H](C)c2ccn(C)c2)cc1. The van der Waals surface area contributed by atoms with E-state index in [0.29, 0.717) is 16.8 Å². The minimum absolute atomic E-state index is 0.0268. The number of thioether (sulfide) groups is 1. The van der Waals surface area contributed by atoms with Crippen molar-refractivity contribution in [3.8, 4) is 5.69 Å². The van der Waals surface area contributed by atoms with Crippen LogP contribution in [0.4, 0.5) is 0 Å². The zero-order chi connectivity index (χ0) is 19.4. The zero-order valence-electron chi connectivity index (χ0n) is 16.1. The third kappa shape index (κ3) is 4.80. The van der Waals surface area contributed by atoms with E-state index in [4.69, 9.17) is 0 Å². The number of rotatable bonds is 7. The molecule has 0 unspecified atom stereocenters. The average molecular weight is 384 g/mol. The molecule has 1 aromatic carbocycles. The maximum atomic E-state index is 12.3. The molecular formula is C20H25N5OS. The summed E-state index contributed by atoms with van der Waals surface area (Å²) in [6.45, 7) is 6.32. The highest BCUT2D eigenvalue weighted by atomic mass is 32.2. The Morgan fingerprint density at radius 2 is 1.89 bits per heavy atom. The summed E-state index contributed by atoms with van der Waals surface area (Å²) in [6.07, 6.45) is 5.66. The van der Waals surface area contributed by atoms with Gasteiger partial charge in [0.2, 0.25) is 5.91 Å². The number of aromatic nitrogens is 4. The first-order chi connectivity index (χ1) is 12.9. The van der Waals surface area contributed by atoms with E-state index in [1.54, 1.807) is 6.33 Å². The maximum absolute atomic E-state index is 12.3. The number of hydrogen-bond acceptors (Lipinski definition) is 4. The van der Waals surface area contributed by atoms with E-state index in [2.05, 4.69) is 53.6 Å². The smallest absolute Gasteiger partial charge is 0.230 e. The van der Waals surface area contributed by atoms with Crippen LogP contribution in [0.1, 0.15) is 43.9 Å². The molecule has 0 aliphatic carbocycles. The van der Waals surface area contributed by atoms with Crippen LogP contribution in [0.3, 0.4) is 0 Å². The number of amides is 1. The fourth-order valence-corrected chi connectivity index (χ4v) is 3.54.